The summed E-state index contributed by atoms with van der Waals surface area (Å²) in [4.78, 5) is 11.6. The highest BCUT2D eigenvalue weighted by Gasteiger charge is 2.35. The Kier molecular flexibility index (Phi) is 3.36. The summed E-state index contributed by atoms with van der Waals surface area (Å²) in [5.74, 6) is -0.502. The van der Waals surface area contributed by atoms with Gasteiger partial charge in [0.1, 0.15) is 0 Å². The molecule has 2 atom stereocenters. The minimum atomic E-state index is -3.62. The summed E-state index contributed by atoms with van der Waals surface area (Å²) < 4.78 is 34.5. The van der Waals surface area contributed by atoms with Crippen molar-refractivity contribution in [3.05, 3.63) is 28.7 Å². The highest BCUT2D eigenvalue weighted by molar-refractivity contribution is 7.89. The molecule has 2 N–H and O–H groups in total. The Morgan fingerprint density at radius 1 is 1.26 bits per heavy atom. The zero-order chi connectivity index (χ0) is 16.2. The summed E-state index contributed by atoms with van der Waals surface area (Å²) in [6.45, 7) is 0. The molecule has 2 fully saturated rings. The summed E-state index contributed by atoms with van der Waals surface area (Å²) in [6.07, 6.45) is 3.87. The van der Waals surface area contributed by atoms with Crippen molar-refractivity contribution < 1.29 is 12.8 Å². The molecule has 124 valence electrons. The van der Waals surface area contributed by atoms with Gasteiger partial charge in [-0.05, 0) is 37.8 Å². The lowest BCUT2D eigenvalue weighted by atomic mass is 10.0. The van der Waals surface area contributed by atoms with E-state index in [0.717, 1.165) is 25.7 Å². The van der Waals surface area contributed by atoms with Crippen LogP contribution >= 0.6 is 0 Å². The second-order valence-corrected chi connectivity index (χ2v) is 8.20. The number of rotatable bonds is 3. The third-order valence-corrected chi connectivity index (χ3v) is 6.39. The molecule has 0 spiro atoms. The van der Waals surface area contributed by atoms with Crippen LogP contribution in [0.2, 0.25) is 0 Å². The Labute approximate surface area is 133 Å². The van der Waals surface area contributed by atoms with Crippen molar-refractivity contribution in [1.82, 2.24) is 14.6 Å². The van der Waals surface area contributed by atoms with Crippen LogP contribution in [0, 0.1) is 0 Å². The van der Waals surface area contributed by atoms with Gasteiger partial charge in [0, 0.05) is 31.2 Å². The summed E-state index contributed by atoms with van der Waals surface area (Å²) in [5.41, 5.74) is 0.861. The van der Waals surface area contributed by atoms with Gasteiger partial charge in [-0.2, -0.15) is 0 Å². The van der Waals surface area contributed by atoms with Crippen molar-refractivity contribution in [3.63, 3.8) is 0 Å². The number of benzene rings is 1. The van der Waals surface area contributed by atoms with E-state index in [0.29, 0.717) is 17.6 Å². The third-order valence-electron chi connectivity index (χ3n) is 4.87. The Hall–Kier alpha value is -1.64. The lowest BCUT2D eigenvalue weighted by Gasteiger charge is -2.29. The fourth-order valence-electron chi connectivity index (χ4n) is 3.72. The van der Waals surface area contributed by atoms with Gasteiger partial charge < -0.3 is 9.73 Å². The number of oxazole rings is 1. The van der Waals surface area contributed by atoms with Gasteiger partial charge in [-0.1, -0.05) is 0 Å². The highest BCUT2D eigenvalue weighted by atomic mass is 32.2. The normalized spacial score (nSPS) is 27.6. The summed E-state index contributed by atoms with van der Waals surface area (Å²) in [5, 5.41) is 3.49. The molecule has 8 heteroatoms. The van der Waals surface area contributed by atoms with E-state index in [4.69, 9.17) is 4.42 Å². The summed E-state index contributed by atoms with van der Waals surface area (Å²) >= 11 is 0. The van der Waals surface area contributed by atoms with Gasteiger partial charge in [0.25, 0.3) is 0 Å². The van der Waals surface area contributed by atoms with Gasteiger partial charge in [-0.15, -0.1) is 0 Å². The van der Waals surface area contributed by atoms with Crippen LogP contribution in [0.1, 0.15) is 25.7 Å². The number of nitrogens with zero attached hydrogens (tertiary/aromatic N) is 1. The van der Waals surface area contributed by atoms with E-state index in [1.165, 1.54) is 16.7 Å². The number of aromatic nitrogens is 1. The quantitative estimate of drug-likeness (QED) is 0.860. The predicted octanol–water partition coefficient (Wildman–Crippen LogP) is 0.693. The zero-order valence-electron chi connectivity index (χ0n) is 12.8. The molecule has 3 heterocycles. The number of hydrogen-bond acceptors (Lipinski definition) is 5. The van der Waals surface area contributed by atoms with E-state index in [1.807, 2.05) is 0 Å². The molecule has 23 heavy (non-hydrogen) atoms. The van der Waals surface area contributed by atoms with E-state index in [2.05, 4.69) is 10.0 Å². The van der Waals surface area contributed by atoms with Crippen molar-refractivity contribution in [2.45, 2.75) is 48.7 Å². The van der Waals surface area contributed by atoms with E-state index in [1.54, 1.807) is 13.1 Å². The van der Waals surface area contributed by atoms with Crippen molar-refractivity contribution in [2.75, 3.05) is 0 Å². The van der Waals surface area contributed by atoms with Crippen LogP contribution in [0.15, 0.2) is 32.3 Å². The Morgan fingerprint density at radius 3 is 2.65 bits per heavy atom. The molecule has 0 amide bonds. The fourth-order valence-corrected chi connectivity index (χ4v) is 5.00. The minimum Gasteiger partial charge on any atom is -0.408 e. The van der Waals surface area contributed by atoms with Crippen LogP contribution < -0.4 is 15.8 Å². The van der Waals surface area contributed by atoms with Crippen molar-refractivity contribution in [1.29, 1.82) is 0 Å². The average Bonchev–Trinajstić information content (AvgIpc) is 2.98. The molecule has 2 bridgehead atoms. The maximum Gasteiger partial charge on any atom is 0.419 e. The first kappa shape index (κ1) is 14.9. The zero-order valence-corrected chi connectivity index (χ0v) is 13.6. The molecule has 7 nitrogen and oxygen atoms in total. The van der Waals surface area contributed by atoms with E-state index in [-0.39, 0.29) is 16.5 Å². The maximum absolute atomic E-state index is 12.6. The van der Waals surface area contributed by atoms with Crippen LogP contribution in [0.4, 0.5) is 0 Å². The predicted molar refractivity (Wildman–Crippen MR) is 84.7 cm³/mol. The van der Waals surface area contributed by atoms with Gasteiger partial charge >= 0.3 is 5.76 Å². The molecular weight excluding hydrogens is 318 g/mol. The SMILES string of the molecule is Cn1c(=O)oc2cc(S(=O)(=O)NC3CC4CCC(C3)N4)ccc21. The van der Waals surface area contributed by atoms with E-state index >= 15 is 0 Å². The van der Waals surface area contributed by atoms with Crippen molar-refractivity contribution in [2.24, 2.45) is 7.05 Å². The molecule has 0 radical (unpaired) electrons. The number of sulfonamides is 1. The first-order valence-electron chi connectivity index (χ1n) is 7.80. The molecule has 0 aliphatic carbocycles. The number of aryl methyl sites for hydroxylation is 1. The molecule has 1 aromatic carbocycles. The van der Waals surface area contributed by atoms with Crippen molar-refractivity contribution >= 4 is 21.1 Å². The molecule has 1 aromatic heterocycles. The van der Waals surface area contributed by atoms with Gasteiger partial charge in [0.2, 0.25) is 10.0 Å². The van der Waals surface area contributed by atoms with Crippen LogP contribution in [0.3, 0.4) is 0 Å². The Bertz CT molecular complexity index is 902. The maximum atomic E-state index is 12.6. The monoisotopic (exact) mass is 337 g/mol. The third kappa shape index (κ3) is 2.60. The number of nitrogens with one attached hydrogen (secondary N) is 2. The second kappa shape index (κ2) is 5.19. The highest BCUT2D eigenvalue weighted by Crippen LogP contribution is 2.28. The topological polar surface area (TPSA) is 93.3 Å². The van der Waals surface area contributed by atoms with Crippen LogP contribution in [-0.4, -0.2) is 31.1 Å². The van der Waals surface area contributed by atoms with Gasteiger partial charge in [0.15, 0.2) is 5.58 Å². The molecule has 2 aliphatic heterocycles. The largest absolute Gasteiger partial charge is 0.419 e. The average molecular weight is 337 g/mol. The van der Waals surface area contributed by atoms with Crippen LogP contribution in [-0.2, 0) is 17.1 Å². The van der Waals surface area contributed by atoms with Gasteiger partial charge in [-0.3, -0.25) is 4.57 Å². The van der Waals surface area contributed by atoms with Crippen LogP contribution in [0.5, 0.6) is 0 Å². The first-order chi connectivity index (χ1) is 10.9. The smallest absolute Gasteiger partial charge is 0.408 e. The molecule has 0 saturated carbocycles. The van der Waals surface area contributed by atoms with Crippen molar-refractivity contribution in [3.8, 4) is 0 Å². The number of hydrogen-bond donors (Lipinski definition) is 2. The molecule has 4 rings (SSSR count). The summed E-state index contributed by atoms with van der Waals surface area (Å²) in [6, 6.07) is 5.30. The van der Waals surface area contributed by atoms with E-state index < -0.39 is 15.8 Å². The molecular formula is C15H19N3O4S. The van der Waals surface area contributed by atoms with E-state index in [9.17, 15) is 13.2 Å². The molecule has 2 saturated heterocycles. The molecule has 2 unspecified atom stereocenters. The Balaban J connectivity index is 1.62. The Morgan fingerprint density at radius 2 is 1.96 bits per heavy atom. The molecule has 2 aliphatic rings. The first-order valence-corrected chi connectivity index (χ1v) is 9.29. The second-order valence-electron chi connectivity index (χ2n) is 6.48. The fraction of sp³-hybridized carbons (Fsp3) is 0.533. The standard InChI is InChI=1S/C15H19N3O4S/c1-18-13-5-4-12(8-14(13)22-15(18)19)23(20,21)17-11-6-9-2-3-10(7-11)16-9/h4-5,8-11,16-17H,2-3,6-7H2,1H3. The minimum absolute atomic E-state index is 0.0442. The summed E-state index contributed by atoms with van der Waals surface area (Å²) in [7, 11) is -2.03. The molecule has 2 aromatic rings. The van der Waals surface area contributed by atoms with Gasteiger partial charge in [-0.25, -0.2) is 17.9 Å². The van der Waals surface area contributed by atoms with Crippen LogP contribution in [0.25, 0.3) is 11.1 Å². The number of fused-ring (bicyclic) bond motifs is 3. The lowest BCUT2D eigenvalue weighted by molar-refractivity contribution is 0.345. The number of piperidine rings is 1. The van der Waals surface area contributed by atoms with Gasteiger partial charge in [0.05, 0.1) is 10.4 Å². The lowest BCUT2D eigenvalue weighted by Crippen LogP contribution is -2.47.